The smallest absolute Gasteiger partial charge is 0.226 e. The van der Waals surface area contributed by atoms with E-state index in [0.717, 1.165) is 18.1 Å². The molecule has 2 aromatic rings. The van der Waals surface area contributed by atoms with Gasteiger partial charge >= 0.3 is 0 Å². The van der Waals surface area contributed by atoms with Gasteiger partial charge in [-0.1, -0.05) is 36.4 Å². The van der Waals surface area contributed by atoms with E-state index in [1.807, 2.05) is 30.3 Å². The number of carbonyl (C=O) groups excluding carboxylic acids is 1. The van der Waals surface area contributed by atoms with Crippen LogP contribution in [0, 0.1) is 17.6 Å². The second-order valence-corrected chi connectivity index (χ2v) is 6.46. The summed E-state index contributed by atoms with van der Waals surface area (Å²) in [7, 11) is 0. The molecule has 2 N–H and O–H groups in total. The van der Waals surface area contributed by atoms with Gasteiger partial charge in [-0.15, -0.1) is 12.4 Å². The molecular formula is C20H23ClF2N2O. The summed E-state index contributed by atoms with van der Waals surface area (Å²) < 4.78 is 27.0. The van der Waals surface area contributed by atoms with Crippen LogP contribution < -0.4 is 5.73 Å². The summed E-state index contributed by atoms with van der Waals surface area (Å²) in [5.41, 5.74) is 7.24. The standard InChI is InChI=1S/C20H22F2N2O.ClH/c21-15-6-7-16(19(22)12-15)17-13-18(17)20(25)24(11-9-23)10-8-14-4-2-1-3-5-14;/h1-7,12,17-18H,8-11,13,23H2;1H. The Balaban J connectivity index is 0.00000243. The summed E-state index contributed by atoms with van der Waals surface area (Å²) in [4.78, 5) is 14.5. The molecule has 0 bridgehead atoms. The fourth-order valence-electron chi connectivity index (χ4n) is 3.25. The molecule has 2 unspecified atom stereocenters. The topological polar surface area (TPSA) is 46.3 Å². The zero-order chi connectivity index (χ0) is 17.8. The number of benzene rings is 2. The minimum Gasteiger partial charge on any atom is -0.341 e. The molecule has 140 valence electrons. The number of amides is 1. The van der Waals surface area contributed by atoms with Gasteiger partial charge in [0.05, 0.1) is 0 Å². The quantitative estimate of drug-likeness (QED) is 0.798. The highest BCUT2D eigenvalue weighted by Crippen LogP contribution is 2.49. The van der Waals surface area contributed by atoms with Crippen LogP contribution in [0.15, 0.2) is 48.5 Å². The van der Waals surface area contributed by atoms with Gasteiger partial charge in [0.2, 0.25) is 5.91 Å². The molecule has 0 aliphatic heterocycles. The normalized spacial score (nSPS) is 18.1. The molecule has 1 aliphatic carbocycles. The summed E-state index contributed by atoms with van der Waals surface area (Å²) >= 11 is 0. The van der Waals surface area contributed by atoms with Gasteiger partial charge in [-0.25, -0.2) is 8.78 Å². The van der Waals surface area contributed by atoms with Crippen molar-refractivity contribution in [3.63, 3.8) is 0 Å². The van der Waals surface area contributed by atoms with E-state index in [9.17, 15) is 13.6 Å². The van der Waals surface area contributed by atoms with Gasteiger partial charge < -0.3 is 10.6 Å². The lowest BCUT2D eigenvalue weighted by Crippen LogP contribution is -2.38. The first-order valence-electron chi connectivity index (χ1n) is 8.58. The summed E-state index contributed by atoms with van der Waals surface area (Å²) in [5, 5.41) is 0. The summed E-state index contributed by atoms with van der Waals surface area (Å²) in [6, 6.07) is 13.5. The van der Waals surface area contributed by atoms with Crippen LogP contribution in [-0.4, -0.2) is 30.4 Å². The van der Waals surface area contributed by atoms with Gasteiger partial charge in [0.15, 0.2) is 0 Å². The molecule has 26 heavy (non-hydrogen) atoms. The van der Waals surface area contributed by atoms with Crippen LogP contribution in [0.1, 0.15) is 23.5 Å². The van der Waals surface area contributed by atoms with Gasteiger partial charge in [-0.05, 0) is 36.0 Å². The molecule has 0 heterocycles. The molecule has 1 fully saturated rings. The minimum absolute atomic E-state index is 0. The Morgan fingerprint density at radius 2 is 1.85 bits per heavy atom. The monoisotopic (exact) mass is 380 g/mol. The molecule has 1 amide bonds. The lowest BCUT2D eigenvalue weighted by Gasteiger charge is -2.22. The molecular weight excluding hydrogens is 358 g/mol. The molecule has 6 heteroatoms. The summed E-state index contributed by atoms with van der Waals surface area (Å²) in [5.74, 6) is -1.56. The lowest BCUT2D eigenvalue weighted by molar-refractivity contribution is -0.132. The molecule has 0 saturated heterocycles. The molecule has 2 atom stereocenters. The van der Waals surface area contributed by atoms with Crippen molar-refractivity contribution in [2.45, 2.75) is 18.8 Å². The van der Waals surface area contributed by atoms with Crippen molar-refractivity contribution in [2.24, 2.45) is 11.7 Å². The maximum absolute atomic E-state index is 13.9. The first-order chi connectivity index (χ1) is 12.1. The van der Waals surface area contributed by atoms with Crippen molar-refractivity contribution in [1.29, 1.82) is 0 Å². The van der Waals surface area contributed by atoms with Gasteiger partial charge in [0.25, 0.3) is 0 Å². The van der Waals surface area contributed by atoms with Crippen molar-refractivity contribution < 1.29 is 13.6 Å². The molecule has 1 aliphatic rings. The van der Waals surface area contributed by atoms with Gasteiger partial charge in [0.1, 0.15) is 11.6 Å². The number of nitrogens with zero attached hydrogens (tertiary/aromatic N) is 1. The molecule has 0 radical (unpaired) electrons. The average molecular weight is 381 g/mol. The SMILES string of the molecule is Cl.NCCN(CCc1ccccc1)C(=O)C1CC1c1ccc(F)cc1F. The van der Waals surface area contributed by atoms with E-state index in [-0.39, 0.29) is 30.2 Å². The Kier molecular flexibility index (Phi) is 7.12. The van der Waals surface area contributed by atoms with E-state index in [1.54, 1.807) is 4.90 Å². The van der Waals surface area contributed by atoms with Crippen molar-refractivity contribution in [3.05, 3.63) is 71.3 Å². The second-order valence-electron chi connectivity index (χ2n) is 6.46. The van der Waals surface area contributed by atoms with E-state index in [1.165, 1.54) is 12.1 Å². The summed E-state index contributed by atoms with van der Waals surface area (Å²) in [6.07, 6.45) is 1.36. The number of rotatable bonds is 7. The highest BCUT2D eigenvalue weighted by molar-refractivity contribution is 5.85. The highest BCUT2D eigenvalue weighted by atomic mass is 35.5. The minimum atomic E-state index is -0.600. The maximum atomic E-state index is 13.9. The average Bonchev–Trinajstić information content (AvgIpc) is 3.39. The van der Waals surface area contributed by atoms with Crippen LogP contribution in [0.5, 0.6) is 0 Å². The number of hydrogen-bond acceptors (Lipinski definition) is 2. The van der Waals surface area contributed by atoms with Crippen LogP contribution >= 0.6 is 12.4 Å². The largest absolute Gasteiger partial charge is 0.341 e. The second kappa shape index (κ2) is 9.10. The van der Waals surface area contributed by atoms with Gasteiger partial charge in [-0.2, -0.15) is 0 Å². The van der Waals surface area contributed by atoms with Crippen LogP contribution in [0.2, 0.25) is 0 Å². The van der Waals surface area contributed by atoms with Crippen LogP contribution in [0.3, 0.4) is 0 Å². The van der Waals surface area contributed by atoms with Crippen molar-refractivity contribution in [3.8, 4) is 0 Å². The molecule has 0 spiro atoms. The van der Waals surface area contributed by atoms with Crippen LogP contribution in [0.4, 0.5) is 8.78 Å². The van der Waals surface area contributed by atoms with E-state index in [4.69, 9.17) is 5.73 Å². The van der Waals surface area contributed by atoms with Crippen molar-refractivity contribution in [1.82, 2.24) is 4.90 Å². The fraction of sp³-hybridized carbons (Fsp3) is 0.350. The Bertz CT molecular complexity index is 742. The maximum Gasteiger partial charge on any atom is 0.226 e. The fourth-order valence-corrected chi connectivity index (χ4v) is 3.25. The Morgan fingerprint density at radius 1 is 1.12 bits per heavy atom. The number of hydrogen-bond donors (Lipinski definition) is 1. The summed E-state index contributed by atoms with van der Waals surface area (Å²) in [6.45, 7) is 1.47. The zero-order valence-corrected chi connectivity index (χ0v) is 15.2. The number of carbonyl (C=O) groups is 1. The first kappa shape index (κ1) is 20.3. The Morgan fingerprint density at radius 3 is 2.50 bits per heavy atom. The Labute approximate surface area is 158 Å². The molecule has 3 nitrogen and oxygen atoms in total. The number of halogens is 3. The van der Waals surface area contributed by atoms with Gasteiger partial charge in [-0.3, -0.25) is 4.79 Å². The van der Waals surface area contributed by atoms with E-state index in [0.29, 0.717) is 31.6 Å². The van der Waals surface area contributed by atoms with Crippen LogP contribution in [0.25, 0.3) is 0 Å². The predicted octanol–water partition coefficient (Wildman–Crippen LogP) is 3.52. The van der Waals surface area contributed by atoms with E-state index in [2.05, 4.69) is 0 Å². The Hall–Kier alpha value is -1.98. The van der Waals surface area contributed by atoms with Crippen molar-refractivity contribution >= 4 is 18.3 Å². The first-order valence-corrected chi connectivity index (χ1v) is 8.58. The lowest BCUT2D eigenvalue weighted by atomic mass is 10.1. The van der Waals surface area contributed by atoms with Gasteiger partial charge in [0, 0.05) is 31.6 Å². The number of nitrogens with two attached hydrogens (primary N) is 1. The molecule has 0 aromatic heterocycles. The zero-order valence-electron chi connectivity index (χ0n) is 14.4. The molecule has 1 saturated carbocycles. The van der Waals surface area contributed by atoms with Crippen molar-refractivity contribution in [2.75, 3.05) is 19.6 Å². The van der Waals surface area contributed by atoms with Crippen LogP contribution in [-0.2, 0) is 11.2 Å². The predicted molar refractivity (Wildman–Crippen MR) is 100 cm³/mol. The third kappa shape index (κ3) is 4.80. The molecule has 3 rings (SSSR count). The van der Waals surface area contributed by atoms with E-state index >= 15 is 0 Å². The third-order valence-electron chi connectivity index (χ3n) is 4.69. The highest BCUT2D eigenvalue weighted by Gasteiger charge is 2.46. The molecule has 2 aromatic carbocycles. The third-order valence-corrected chi connectivity index (χ3v) is 4.69. The van der Waals surface area contributed by atoms with E-state index < -0.39 is 11.6 Å².